The minimum Gasteiger partial charge on any atom is -0.493 e. The molecule has 0 radical (unpaired) electrons. The van der Waals surface area contributed by atoms with Crippen LogP contribution >= 0.6 is 22.6 Å². The molecule has 0 saturated carbocycles. The highest BCUT2D eigenvalue weighted by Crippen LogP contribution is 2.31. The lowest BCUT2D eigenvalue weighted by molar-refractivity contribution is -0.0672. The Morgan fingerprint density at radius 2 is 1.83 bits per heavy atom. The standard InChI is InChI=1S/C17H25IN2O4/c1-11-9-20(10-12(2)24-11)6-5-19-17(21)13-7-15(22-3)16(23-4)8-14(13)18/h7-8,11-12H,5-6,9-10H2,1-4H3,(H,19,21). The third-order valence-electron chi connectivity index (χ3n) is 3.93. The van der Waals surface area contributed by atoms with E-state index in [0.29, 0.717) is 23.6 Å². The van der Waals surface area contributed by atoms with Crippen LogP contribution in [0.15, 0.2) is 12.1 Å². The van der Waals surface area contributed by atoms with Gasteiger partial charge in [0, 0.05) is 29.7 Å². The molecular weight excluding hydrogens is 423 g/mol. The second-order valence-electron chi connectivity index (χ2n) is 5.96. The maximum atomic E-state index is 12.4. The van der Waals surface area contributed by atoms with E-state index in [1.165, 1.54) is 0 Å². The molecule has 2 atom stereocenters. The molecule has 1 fully saturated rings. The summed E-state index contributed by atoms with van der Waals surface area (Å²) in [6.07, 6.45) is 0.465. The molecule has 1 heterocycles. The Morgan fingerprint density at radius 1 is 1.25 bits per heavy atom. The number of carbonyl (C=O) groups excluding carboxylic acids is 1. The van der Waals surface area contributed by atoms with Crippen LogP contribution in [0.4, 0.5) is 0 Å². The maximum absolute atomic E-state index is 12.4. The van der Waals surface area contributed by atoms with Gasteiger partial charge in [-0.25, -0.2) is 0 Å². The van der Waals surface area contributed by atoms with Gasteiger partial charge in [-0.15, -0.1) is 0 Å². The second-order valence-corrected chi connectivity index (χ2v) is 7.12. The van der Waals surface area contributed by atoms with Crippen molar-refractivity contribution >= 4 is 28.5 Å². The van der Waals surface area contributed by atoms with Gasteiger partial charge in [-0.1, -0.05) is 0 Å². The topological polar surface area (TPSA) is 60.0 Å². The van der Waals surface area contributed by atoms with Crippen LogP contribution in [0.3, 0.4) is 0 Å². The van der Waals surface area contributed by atoms with Crippen molar-refractivity contribution < 1.29 is 19.0 Å². The minimum atomic E-state index is -0.102. The third kappa shape index (κ3) is 4.97. The van der Waals surface area contributed by atoms with E-state index in [4.69, 9.17) is 14.2 Å². The number of benzene rings is 1. The van der Waals surface area contributed by atoms with Crippen molar-refractivity contribution in [2.24, 2.45) is 0 Å². The van der Waals surface area contributed by atoms with E-state index in [-0.39, 0.29) is 18.1 Å². The van der Waals surface area contributed by atoms with Gasteiger partial charge in [0.05, 0.1) is 32.0 Å². The van der Waals surface area contributed by atoms with Crippen molar-refractivity contribution in [3.63, 3.8) is 0 Å². The molecule has 0 bridgehead atoms. The number of carbonyl (C=O) groups is 1. The normalized spacial score (nSPS) is 21.4. The Labute approximate surface area is 157 Å². The summed E-state index contributed by atoms with van der Waals surface area (Å²) >= 11 is 2.13. The number of hydrogen-bond acceptors (Lipinski definition) is 5. The first kappa shape index (κ1) is 19.3. The molecule has 1 saturated heterocycles. The zero-order valence-corrected chi connectivity index (χ0v) is 16.8. The SMILES string of the molecule is COc1cc(I)c(C(=O)NCCN2CC(C)OC(C)C2)cc1OC. The van der Waals surface area contributed by atoms with Crippen LogP contribution in [-0.4, -0.2) is 63.4 Å². The lowest BCUT2D eigenvalue weighted by Gasteiger charge is -2.35. The molecule has 7 heteroatoms. The Morgan fingerprint density at radius 3 is 2.42 bits per heavy atom. The summed E-state index contributed by atoms with van der Waals surface area (Å²) in [5, 5.41) is 2.98. The summed E-state index contributed by atoms with van der Waals surface area (Å²) in [5.41, 5.74) is 0.594. The zero-order valence-electron chi connectivity index (χ0n) is 14.6. The van der Waals surface area contributed by atoms with E-state index < -0.39 is 0 Å². The molecule has 134 valence electrons. The lowest BCUT2D eigenvalue weighted by atomic mass is 10.2. The van der Waals surface area contributed by atoms with E-state index in [2.05, 4.69) is 46.7 Å². The average molecular weight is 448 g/mol. The predicted molar refractivity (Wildman–Crippen MR) is 101 cm³/mol. The van der Waals surface area contributed by atoms with Crippen LogP contribution in [0.1, 0.15) is 24.2 Å². The van der Waals surface area contributed by atoms with E-state index in [9.17, 15) is 4.79 Å². The van der Waals surface area contributed by atoms with Gasteiger partial charge >= 0.3 is 0 Å². The van der Waals surface area contributed by atoms with Crippen molar-refractivity contribution in [2.75, 3.05) is 40.4 Å². The summed E-state index contributed by atoms with van der Waals surface area (Å²) in [6, 6.07) is 3.52. The summed E-state index contributed by atoms with van der Waals surface area (Å²) in [6.45, 7) is 7.36. The van der Waals surface area contributed by atoms with Crippen LogP contribution in [0, 0.1) is 3.57 Å². The first-order chi connectivity index (χ1) is 11.4. The molecule has 1 aliphatic rings. The monoisotopic (exact) mass is 448 g/mol. The van der Waals surface area contributed by atoms with Gasteiger partial charge in [0.15, 0.2) is 11.5 Å². The van der Waals surface area contributed by atoms with Gasteiger partial charge in [0.2, 0.25) is 0 Å². The number of hydrogen-bond donors (Lipinski definition) is 1. The van der Waals surface area contributed by atoms with Crippen LogP contribution in [0.2, 0.25) is 0 Å². The largest absolute Gasteiger partial charge is 0.493 e. The molecule has 2 rings (SSSR count). The Balaban J connectivity index is 1.93. The number of morpholine rings is 1. The number of methoxy groups -OCH3 is 2. The van der Waals surface area contributed by atoms with E-state index in [0.717, 1.165) is 23.2 Å². The molecule has 1 aromatic rings. The van der Waals surface area contributed by atoms with Gasteiger partial charge in [-0.3, -0.25) is 9.69 Å². The minimum absolute atomic E-state index is 0.102. The highest BCUT2D eigenvalue weighted by atomic mass is 127. The molecule has 2 unspecified atom stereocenters. The summed E-state index contributed by atoms with van der Waals surface area (Å²) in [7, 11) is 3.14. The van der Waals surface area contributed by atoms with Gasteiger partial charge in [-0.2, -0.15) is 0 Å². The molecule has 0 aliphatic carbocycles. The van der Waals surface area contributed by atoms with E-state index >= 15 is 0 Å². The van der Waals surface area contributed by atoms with Crippen LogP contribution < -0.4 is 14.8 Å². The highest BCUT2D eigenvalue weighted by Gasteiger charge is 2.22. The zero-order chi connectivity index (χ0) is 17.7. The molecule has 1 N–H and O–H groups in total. The summed E-state index contributed by atoms with van der Waals surface area (Å²) in [5.74, 6) is 1.07. The fraction of sp³-hybridized carbons (Fsp3) is 0.588. The quantitative estimate of drug-likeness (QED) is 0.677. The van der Waals surface area contributed by atoms with Crippen LogP contribution in [0.5, 0.6) is 11.5 Å². The summed E-state index contributed by atoms with van der Waals surface area (Å²) in [4.78, 5) is 14.8. The number of nitrogens with one attached hydrogen (secondary N) is 1. The van der Waals surface area contributed by atoms with Crippen LogP contribution in [-0.2, 0) is 4.74 Å². The molecule has 1 aromatic carbocycles. The van der Waals surface area contributed by atoms with Crippen molar-refractivity contribution in [1.29, 1.82) is 0 Å². The number of rotatable bonds is 6. The fourth-order valence-corrected chi connectivity index (χ4v) is 3.60. The molecule has 0 aromatic heterocycles. The first-order valence-electron chi connectivity index (χ1n) is 8.02. The smallest absolute Gasteiger partial charge is 0.252 e. The third-order valence-corrected chi connectivity index (χ3v) is 4.82. The van der Waals surface area contributed by atoms with Crippen molar-refractivity contribution in [2.45, 2.75) is 26.1 Å². The Kier molecular flexibility index (Phi) is 7.12. The summed E-state index contributed by atoms with van der Waals surface area (Å²) < 4.78 is 17.1. The molecule has 1 aliphatic heterocycles. The van der Waals surface area contributed by atoms with Gasteiger partial charge in [0.25, 0.3) is 5.91 Å². The van der Waals surface area contributed by atoms with Gasteiger partial charge < -0.3 is 19.5 Å². The molecule has 1 amide bonds. The predicted octanol–water partition coefficient (Wildman–Crippen LogP) is 2.15. The lowest BCUT2D eigenvalue weighted by Crippen LogP contribution is -2.47. The molecule has 0 spiro atoms. The van der Waals surface area contributed by atoms with Gasteiger partial charge in [0.1, 0.15) is 0 Å². The van der Waals surface area contributed by atoms with E-state index in [1.807, 2.05) is 0 Å². The van der Waals surface area contributed by atoms with Gasteiger partial charge in [-0.05, 0) is 48.6 Å². The number of ether oxygens (including phenoxy) is 3. The fourth-order valence-electron chi connectivity index (χ4n) is 2.92. The molecule has 6 nitrogen and oxygen atoms in total. The average Bonchev–Trinajstić information content (AvgIpc) is 2.53. The maximum Gasteiger partial charge on any atom is 0.252 e. The number of amides is 1. The van der Waals surface area contributed by atoms with Crippen LogP contribution in [0.25, 0.3) is 0 Å². The van der Waals surface area contributed by atoms with Crippen molar-refractivity contribution in [3.8, 4) is 11.5 Å². The second kappa shape index (κ2) is 8.87. The van der Waals surface area contributed by atoms with Crippen molar-refractivity contribution in [1.82, 2.24) is 10.2 Å². The number of nitrogens with zero attached hydrogens (tertiary/aromatic N) is 1. The number of halogens is 1. The first-order valence-corrected chi connectivity index (χ1v) is 9.10. The molecular formula is C17H25IN2O4. The molecule has 24 heavy (non-hydrogen) atoms. The Hall–Kier alpha value is -1.06. The Bertz CT molecular complexity index is 572. The van der Waals surface area contributed by atoms with Crippen molar-refractivity contribution in [3.05, 3.63) is 21.3 Å². The van der Waals surface area contributed by atoms with E-state index in [1.54, 1.807) is 26.4 Å². The highest BCUT2D eigenvalue weighted by molar-refractivity contribution is 14.1.